The quantitative estimate of drug-likeness (QED) is 0.240. The van der Waals surface area contributed by atoms with Crippen LogP contribution in [0.5, 0.6) is 40.2 Å². The lowest BCUT2D eigenvalue weighted by Crippen LogP contribution is -2.39. The average molecular weight is 644 g/mol. The first-order valence-corrected chi connectivity index (χ1v) is 15.8. The number of aromatic hydroxyl groups is 1. The van der Waals surface area contributed by atoms with Crippen LogP contribution < -0.4 is 38.4 Å². The smallest absolute Gasteiger partial charge is 0.231 e. The minimum atomic E-state index is -0.0678. The zero-order chi connectivity index (χ0) is 32.5. The molecule has 4 aromatic rings. The van der Waals surface area contributed by atoms with Gasteiger partial charge in [-0.25, -0.2) is 0 Å². The van der Waals surface area contributed by atoms with Crippen molar-refractivity contribution < 1.29 is 38.1 Å². The second-order valence-electron chi connectivity index (χ2n) is 12.1. The number of benzene rings is 4. The normalized spacial score (nSPS) is 14.4. The number of rotatable bonds is 2. The van der Waals surface area contributed by atoms with E-state index < -0.39 is 0 Å². The lowest BCUT2D eigenvalue weighted by Gasteiger charge is -2.25. The Hall–Kier alpha value is -5.90. The number of hydrogen-bond acceptors (Lipinski definition) is 8. The fourth-order valence-corrected chi connectivity index (χ4v) is 7.13. The van der Waals surface area contributed by atoms with Crippen molar-refractivity contribution in [3.05, 3.63) is 94.4 Å². The molecule has 0 saturated heterocycles. The largest absolute Gasteiger partial charge is 0.504 e. The van der Waals surface area contributed by atoms with Crippen molar-refractivity contribution in [2.45, 2.75) is 25.9 Å². The molecule has 48 heavy (non-hydrogen) atoms. The Morgan fingerprint density at radius 3 is 2.15 bits per heavy atom. The van der Waals surface area contributed by atoms with Crippen LogP contribution in [-0.2, 0) is 25.9 Å². The Balaban J connectivity index is 0.000000131. The van der Waals surface area contributed by atoms with Gasteiger partial charge in [-0.15, -0.1) is 0 Å². The molecule has 10 rings (SSSR count). The fraction of sp³-hybridized carbons (Fsp3) is 0.211. The molecule has 0 saturated carbocycles. The molecule has 240 valence electrons. The summed E-state index contributed by atoms with van der Waals surface area (Å²) in [6.07, 6.45) is 5.74. The summed E-state index contributed by atoms with van der Waals surface area (Å²) in [5, 5.41) is 12.2. The van der Waals surface area contributed by atoms with E-state index in [1.165, 1.54) is 18.2 Å². The summed E-state index contributed by atoms with van der Waals surface area (Å²) in [5.74, 6) is 4.26. The Bertz CT molecular complexity index is 2330. The van der Waals surface area contributed by atoms with E-state index in [1.807, 2.05) is 30.6 Å². The van der Waals surface area contributed by atoms with E-state index in [-0.39, 0.29) is 24.8 Å². The molecule has 0 amide bonds. The van der Waals surface area contributed by atoms with Gasteiger partial charge in [-0.05, 0) is 77.0 Å². The molecule has 0 spiro atoms. The summed E-state index contributed by atoms with van der Waals surface area (Å²) in [4.78, 5) is 12.5. The second-order valence-corrected chi connectivity index (χ2v) is 12.1. The van der Waals surface area contributed by atoms with Crippen LogP contribution in [0.2, 0.25) is 0 Å². The number of pyridine rings is 2. The van der Waals surface area contributed by atoms with Crippen LogP contribution in [-0.4, -0.2) is 37.5 Å². The number of phenolic OH excluding ortho intramolecular Hbond substituents is 1. The van der Waals surface area contributed by atoms with Crippen molar-refractivity contribution >= 4 is 10.8 Å². The topological polar surface area (TPSA) is 101 Å². The average Bonchev–Trinajstić information content (AvgIpc) is 3.78. The monoisotopic (exact) mass is 643 g/mol. The predicted molar refractivity (Wildman–Crippen MR) is 177 cm³/mol. The van der Waals surface area contributed by atoms with Crippen LogP contribution in [0.25, 0.3) is 44.4 Å². The number of methoxy groups -OCH3 is 2. The molecule has 6 aliphatic rings. The highest BCUT2D eigenvalue weighted by Gasteiger charge is 2.29. The molecular weight excluding hydrogens is 612 g/mol. The molecule has 3 aromatic carbocycles. The molecule has 0 fully saturated rings. The Morgan fingerprint density at radius 2 is 1.42 bits per heavy atom. The van der Waals surface area contributed by atoms with Crippen LogP contribution in [0.15, 0.2) is 77.9 Å². The van der Waals surface area contributed by atoms with Gasteiger partial charge < -0.3 is 38.1 Å². The summed E-state index contributed by atoms with van der Waals surface area (Å²) in [6.45, 7) is 2.24. The zero-order valence-electron chi connectivity index (χ0n) is 26.4. The Kier molecular flexibility index (Phi) is 6.40. The van der Waals surface area contributed by atoms with Gasteiger partial charge in [0.2, 0.25) is 24.7 Å². The molecular formula is C38H31N2O8+. The van der Waals surface area contributed by atoms with Crippen LogP contribution in [0, 0.1) is 0 Å². The molecule has 0 radical (unpaired) electrons. The molecule has 1 aromatic heterocycles. The number of aryl methyl sites for hydroxylation is 4. The van der Waals surface area contributed by atoms with Gasteiger partial charge in [0.15, 0.2) is 53.0 Å². The molecule has 10 nitrogen and oxygen atoms in total. The van der Waals surface area contributed by atoms with Gasteiger partial charge in [-0.1, -0.05) is 6.07 Å². The fourth-order valence-electron chi connectivity index (χ4n) is 7.13. The summed E-state index contributed by atoms with van der Waals surface area (Å²) >= 11 is 0. The first kappa shape index (κ1) is 28.3. The molecule has 1 aliphatic carbocycles. The molecule has 1 N–H and O–H groups in total. The molecule has 5 aliphatic heterocycles. The lowest BCUT2D eigenvalue weighted by atomic mass is 9.93. The van der Waals surface area contributed by atoms with E-state index in [0.29, 0.717) is 17.1 Å². The summed E-state index contributed by atoms with van der Waals surface area (Å²) in [5.41, 5.74) is 8.53. The number of hydrogen-bond donors (Lipinski definition) is 1. The Labute approximate surface area is 275 Å². The highest BCUT2D eigenvalue weighted by atomic mass is 16.7. The maximum Gasteiger partial charge on any atom is 0.231 e. The van der Waals surface area contributed by atoms with Crippen molar-refractivity contribution in [3.63, 3.8) is 0 Å². The van der Waals surface area contributed by atoms with Crippen molar-refractivity contribution in [1.29, 1.82) is 0 Å². The van der Waals surface area contributed by atoms with E-state index in [2.05, 4.69) is 39.5 Å². The van der Waals surface area contributed by atoms with Crippen molar-refractivity contribution in [1.82, 2.24) is 4.57 Å². The molecule has 0 bridgehead atoms. The SMILES string of the molecule is COc1ccc2cc3[n+](cc2c1O)CCc1cc2c(cc1-3)OCO2.COc1ccc2cc3n(cc-2c1=O)CCc1cc2c(cc1-3)OCO2. The van der Waals surface area contributed by atoms with E-state index >= 15 is 0 Å². The van der Waals surface area contributed by atoms with Crippen molar-refractivity contribution in [2.75, 3.05) is 27.8 Å². The van der Waals surface area contributed by atoms with Gasteiger partial charge >= 0.3 is 0 Å². The van der Waals surface area contributed by atoms with Gasteiger partial charge in [0.05, 0.1) is 25.2 Å². The maximum absolute atomic E-state index is 12.5. The van der Waals surface area contributed by atoms with Crippen LogP contribution in [0.3, 0.4) is 0 Å². The number of aromatic nitrogens is 2. The summed E-state index contributed by atoms with van der Waals surface area (Å²) < 4.78 is 36.7. The molecule has 10 heteroatoms. The third kappa shape index (κ3) is 4.40. The minimum absolute atomic E-state index is 0.0678. The predicted octanol–water partition coefficient (Wildman–Crippen LogP) is 5.71. The van der Waals surface area contributed by atoms with E-state index in [9.17, 15) is 9.90 Å². The van der Waals surface area contributed by atoms with Gasteiger partial charge in [0, 0.05) is 42.0 Å². The number of nitrogens with zero attached hydrogens (tertiary/aromatic N) is 2. The molecule has 0 atom stereocenters. The first-order valence-electron chi connectivity index (χ1n) is 15.8. The highest BCUT2D eigenvalue weighted by Crippen LogP contribution is 2.43. The van der Waals surface area contributed by atoms with Crippen LogP contribution in [0.4, 0.5) is 0 Å². The maximum atomic E-state index is 12.5. The van der Waals surface area contributed by atoms with E-state index in [4.69, 9.17) is 28.4 Å². The van der Waals surface area contributed by atoms with E-state index in [0.717, 1.165) is 87.8 Å². The number of fused-ring (bicyclic) bond motifs is 10. The second kappa shape index (κ2) is 10.8. The summed E-state index contributed by atoms with van der Waals surface area (Å²) in [6, 6.07) is 19.8. The lowest BCUT2D eigenvalue weighted by molar-refractivity contribution is -0.686. The van der Waals surface area contributed by atoms with Crippen LogP contribution >= 0.6 is 0 Å². The van der Waals surface area contributed by atoms with Gasteiger partial charge in [0.25, 0.3) is 0 Å². The van der Waals surface area contributed by atoms with Crippen LogP contribution in [0.1, 0.15) is 11.1 Å². The van der Waals surface area contributed by atoms with Gasteiger partial charge in [-0.3, -0.25) is 4.79 Å². The van der Waals surface area contributed by atoms with Gasteiger partial charge in [0.1, 0.15) is 0 Å². The third-order valence-corrected chi connectivity index (χ3v) is 9.61. The van der Waals surface area contributed by atoms with E-state index in [1.54, 1.807) is 19.2 Å². The van der Waals surface area contributed by atoms with Crippen molar-refractivity contribution in [2.24, 2.45) is 0 Å². The zero-order valence-corrected chi connectivity index (χ0v) is 26.4. The molecule has 0 unspecified atom stereocenters. The highest BCUT2D eigenvalue weighted by molar-refractivity contribution is 5.91. The van der Waals surface area contributed by atoms with Gasteiger partial charge in [-0.2, -0.15) is 4.57 Å². The Morgan fingerprint density at radius 1 is 0.750 bits per heavy atom. The first-order chi connectivity index (χ1) is 23.5. The standard InChI is InChI=1S/2C19H15NO4/c2*1-22-16-3-2-11-6-15-13-8-18-17(23-10-24-18)7-12(13)4-5-20(15)9-14(11)19(16)21/h2*2-3,6-9H,4-5,10H2,1H3/p+1. The number of phenols is 1. The number of ether oxygens (including phenoxy) is 6. The molecule has 6 heterocycles. The summed E-state index contributed by atoms with van der Waals surface area (Å²) in [7, 11) is 3.08. The third-order valence-electron chi connectivity index (χ3n) is 9.61. The minimum Gasteiger partial charge on any atom is -0.504 e. The van der Waals surface area contributed by atoms with Crippen molar-refractivity contribution in [3.8, 4) is 73.9 Å².